The van der Waals surface area contributed by atoms with Crippen LogP contribution in [-0.2, 0) is 14.3 Å². The molecule has 1 amide bonds. The summed E-state index contributed by atoms with van der Waals surface area (Å²) in [5, 5.41) is 23.9. The quantitative estimate of drug-likeness (QED) is 0.0321. The summed E-state index contributed by atoms with van der Waals surface area (Å²) < 4.78 is 5.95. The number of carbonyl (C=O) groups excluding carboxylic acids is 2. The summed E-state index contributed by atoms with van der Waals surface area (Å²) in [7, 11) is 0. The molecule has 400 valence electrons. The van der Waals surface area contributed by atoms with Crippen LogP contribution in [0.15, 0.2) is 36.5 Å². The van der Waals surface area contributed by atoms with Crippen LogP contribution in [0.4, 0.5) is 0 Å². The SMILES string of the molecule is CCCCC/C=C\C/C=C\C/C=C\CCCCC(CC(=O)NC(CO)C(O)CCCCCCCCCCCCCCCCCCC)OC(=O)CCCCCCCCCCCCCCCCCCC. The fourth-order valence-electron chi connectivity index (χ4n) is 9.38. The van der Waals surface area contributed by atoms with Crippen molar-refractivity contribution in [2.24, 2.45) is 0 Å². The molecule has 0 saturated carbocycles. The Morgan fingerprint density at radius 2 is 0.750 bits per heavy atom. The number of allylic oxidation sites excluding steroid dienone is 6. The minimum atomic E-state index is -0.797. The van der Waals surface area contributed by atoms with Gasteiger partial charge in [-0.1, -0.05) is 282 Å². The van der Waals surface area contributed by atoms with Gasteiger partial charge in [-0.25, -0.2) is 0 Å². The van der Waals surface area contributed by atoms with Crippen LogP contribution in [-0.4, -0.2) is 46.9 Å². The molecule has 3 atom stereocenters. The summed E-state index contributed by atoms with van der Waals surface area (Å²) >= 11 is 0. The molecule has 68 heavy (non-hydrogen) atoms. The normalized spacial score (nSPS) is 13.3. The fraction of sp³-hybridized carbons (Fsp3) is 0.871. The number of rotatable bonds is 55. The molecule has 0 aliphatic rings. The molecule has 0 aromatic carbocycles. The number of ether oxygens (including phenoxy) is 1. The Kier molecular flexibility index (Phi) is 54.4. The summed E-state index contributed by atoms with van der Waals surface area (Å²) in [6, 6.07) is -0.712. The highest BCUT2D eigenvalue weighted by atomic mass is 16.5. The average molecular weight is 957 g/mol. The monoisotopic (exact) mass is 956 g/mol. The van der Waals surface area contributed by atoms with Crippen molar-refractivity contribution in [1.29, 1.82) is 0 Å². The van der Waals surface area contributed by atoms with Gasteiger partial charge in [-0.2, -0.15) is 0 Å². The number of aliphatic hydroxyl groups excluding tert-OH is 2. The van der Waals surface area contributed by atoms with Gasteiger partial charge in [0.05, 0.1) is 25.2 Å². The molecular weight excluding hydrogens is 839 g/mol. The van der Waals surface area contributed by atoms with Gasteiger partial charge in [0.25, 0.3) is 0 Å². The molecule has 6 heteroatoms. The van der Waals surface area contributed by atoms with Crippen LogP contribution in [0.25, 0.3) is 0 Å². The maximum absolute atomic E-state index is 13.3. The highest BCUT2D eigenvalue weighted by Crippen LogP contribution is 2.19. The van der Waals surface area contributed by atoms with E-state index in [4.69, 9.17) is 4.74 Å². The van der Waals surface area contributed by atoms with E-state index in [-0.39, 0.29) is 24.9 Å². The fourth-order valence-corrected chi connectivity index (χ4v) is 9.38. The molecule has 0 saturated heterocycles. The first kappa shape index (κ1) is 66.1. The Bertz CT molecular complexity index is 1120. The zero-order valence-electron chi connectivity index (χ0n) is 45.8. The van der Waals surface area contributed by atoms with Gasteiger partial charge in [-0.3, -0.25) is 9.59 Å². The van der Waals surface area contributed by atoms with Gasteiger partial charge >= 0.3 is 5.97 Å². The smallest absolute Gasteiger partial charge is 0.306 e. The van der Waals surface area contributed by atoms with E-state index in [0.717, 1.165) is 70.6 Å². The summed E-state index contributed by atoms with van der Waals surface area (Å²) in [6.45, 7) is 6.49. The lowest BCUT2D eigenvalue weighted by atomic mass is 10.0. The molecule has 0 aromatic heterocycles. The van der Waals surface area contributed by atoms with Crippen molar-refractivity contribution in [1.82, 2.24) is 5.32 Å². The van der Waals surface area contributed by atoms with Crippen LogP contribution in [0.2, 0.25) is 0 Å². The molecule has 0 spiro atoms. The van der Waals surface area contributed by atoms with E-state index in [0.29, 0.717) is 19.3 Å². The first-order chi connectivity index (χ1) is 33.5. The molecule has 3 N–H and O–H groups in total. The number of nitrogens with one attached hydrogen (secondary N) is 1. The minimum absolute atomic E-state index is 0.0564. The van der Waals surface area contributed by atoms with E-state index in [1.54, 1.807) is 0 Å². The topological polar surface area (TPSA) is 95.9 Å². The van der Waals surface area contributed by atoms with Crippen molar-refractivity contribution >= 4 is 11.9 Å². The minimum Gasteiger partial charge on any atom is -0.462 e. The van der Waals surface area contributed by atoms with Crippen LogP contribution < -0.4 is 5.32 Å². The van der Waals surface area contributed by atoms with Crippen LogP contribution in [0.3, 0.4) is 0 Å². The van der Waals surface area contributed by atoms with E-state index in [1.165, 1.54) is 205 Å². The molecule has 0 heterocycles. The summed E-state index contributed by atoms with van der Waals surface area (Å²) in [6.07, 6.45) is 67.9. The molecular formula is C62H117NO5. The number of amides is 1. The maximum Gasteiger partial charge on any atom is 0.306 e. The second-order valence-corrected chi connectivity index (χ2v) is 20.8. The first-order valence-corrected chi connectivity index (χ1v) is 30.2. The zero-order chi connectivity index (χ0) is 49.5. The summed E-state index contributed by atoms with van der Waals surface area (Å²) in [5.41, 5.74) is 0. The van der Waals surface area contributed by atoms with Crippen molar-refractivity contribution in [3.05, 3.63) is 36.5 Å². The van der Waals surface area contributed by atoms with Gasteiger partial charge < -0.3 is 20.3 Å². The van der Waals surface area contributed by atoms with Crippen molar-refractivity contribution in [3.8, 4) is 0 Å². The van der Waals surface area contributed by atoms with Crippen LogP contribution in [0.5, 0.6) is 0 Å². The Labute approximate surface area is 424 Å². The Morgan fingerprint density at radius 1 is 0.426 bits per heavy atom. The number of unbranched alkanes of at least 4 members (excludes halogenated alkanes) is 37. The maximum atomic E-state index is 13.3. The Morgan fingerprint density at radius 3 is 1.15 bits per heavy atom. The molecule has 0 aliphatic carbocycles. The van der Waals surface area contributed by atoms with E-state index in [2.05, 4.69) is 62.5 Å². The molecule has 0 radical (unpaired) electrons. The van der Waals surface area contributed by atoms with E-state index in [9.17, 15) is 19.8 Å². The lowest BCUT2D eigenvalue weighted by Gasteiger charge is -2.24. The van der Waals surface area contributed by atoms with Crippen molar-refractivity contribution < 1.29 is 24.5 Å². The number of hydrogen-bond acceptors (Lipinski definition) is 5. The van der Waals surface area contributed by atoms with Crippen LogP contribution in [0, 0.1) is 0 Å². The van der Waals surface area contributed by atoms with E-state index >= 15 is 0 Å². The molecule has 0 bridgehead atoms. The molecule has 0 fully saturated rings. The molecule has 6 nitrogen and oxygen atoms in total. The first-order valence-electron chi connectivity index (χ1n) is 30.2. The third-order valence-electron chi connectivity index (χ3n) is 14.0. The number of aliphatic hydroxyl groups is 2. The summed E-state index contributed by atoms with van der Waals surface area (Å²) in [4.78, 5) is 26.3. The van der Waals surface area contributed by atoms with Crippen LogP contribution >= 0.6 is 0 Å². The van der Waals surface area contributed by atoms with Crippen molar-refractivity contribution in [3.63, 3.8) is 0 Å². The van der Waals surface area contributed by atoms with Gasteiger partial charge in [0, 0.05) is 6.42 Å². The van der Waals surface area contributed by atoms with Gasteiger partial charge in [-0.15, -0.1) is 0 Å². The predicted molar refractivity (Wildman–Crippen MR) is 296 cm³/mol. The van der Waals surface area contributed by atoms with Gasteiger partial charge in [-0.05, 0) is 64.2 Å². The molecule has 0 aromatic rings. The van der Waals surface area contributed by atoms with E-state index < -0.39 is 18.2 Å². The number of carbonyl (C=O) groups is 2. The number of esters is 1. The lowest BCUT2D eigenvalue weighted by Crippen LogP contribution is -2.46. The average Bonchev–Trinajstić information content (AvgIpc) is 3.33. The second-order valence-electron chi connectivity index (χ2n) is 20.8. The Hall–Kier alpha value is -1.92. The van der Waals surface area contributed by atoms with Gasteiger partial charge in [0.1, 0.15) is 6.10 Å². The Balaban J connectivity index is 4.54. The van der Waals surface area contributed by atoms with Gasteiger partial charge in [0.15, 0.2) is 0 Å². The molecule has 3 unspecified atom stereocenters. The van der Waals surface area contributed by atoms with Gasteiger partial charge in [0.2, 0.25) is 5.91 Å². The highest BCUT2D eigenvalue weighted by molar-refractivity contribution is 5.77. The lowest BCUT2D eigenvalue weighted by molar-refractivity contribution is -0.151. The third-order valence-corrected chi connectivity index (χ3v) is 14.0. The summed E-state index contributed by atoms with van der Waals surface area (Å²) in [5.74, 6) is -0.493. The molecule has 0 rings (SSSR count). The predicted octanol–water partition coefficient (Wildman–Crippen LogP) is 18.8. The van der Waals surface area contributed by atoms with Crippen LogP contribution in [0.1, 0.15) is 323 Å². The highest BCUT2D eigenvalue weighted by Gasteiger charge is 2.24. The van der Waals surface area contributed by atoms with Crippen molar-refractivity contribution in [2.45, 2.75) is 341 Å². The third kappa shape index (κ3) is 50.5. The second kappa shape index (κ2) is 56.0. The van der Waals surface area contributed by atoms with E-state index in [1.807, 2.05) is 0 Å². The molecule has 0 aliphatic heterocycles. The van der Waals surface area contributed by atoms with Crippen molar-refractivity contribution in [2.75, 3.05) is 6.61 Å². The number of hydrogen-bond donors (Lipinski definition) is 3. The largest absolute Gasteiger partial charge is 0.462 e. The zero-order valence-corrected chi connectivity index (χ0v) is 45.8. The standard InChI is InChI=1S/C62H117NO5/c1-4-7-10-13-16-19-22-25-28-30-33-36-39-42-45-48-51-54-60(65)59(57-64)63-61(66)56-58(53-50-47-44-41-38-35-32-27-24-21-18-15-12-9-6-3)68-62(67)55-52-49-46-43-40-37-34-31-29-26-23-20-17-14-11-8-5-2/h18,21,27,32,38,41,58-60,64-65H,4-17,19-20,22-26,28-31,33-37,39-40,42-57H2,1-3H3,(H,63,66)/b21-18-,32-27-,41-38-.